The van der Waals surface area contributed by atoms with E-state index in [2.05, 4.69) is 0 Å². The van der Waals surface area contributed by atoms with Crippen molar-refractivity contribution in [3.8, 4) is 16.9 Å². The first-order valence-corrected chi connectivity index (χ1v) is 9.47. The molecule has 0 bridgehead atoms. The van der Waals surface area contributed by atoms with Gasteiger partial charge in [-0.3, -0.25) is 9.36 Å². The number of nitrogens with zero attached hydrogens (tertiary/aromatic N) is 1. The molecule has 0 spiro atoms. The van der Waals surface area contributed by atoms with Crippen molar-refractivity contribution in [2.24, 2.45) is 5.14 Å². The van der Waals surface area contributed by atoms with Crippen LogP contribution in [0.15, 0.2) is 51.5 Å². The van der Waals surface area contributed by atoms with Crippen LogP contribution in [0.2, 0.25) is 5.02 Å². The van der Waals surface area contributed by atoms with E-state index in [1.807, 2.05) is 0 Å². The van der Waals surface area contributed by atoms with Crippen molar-refractivity contribution in [2.75, 3.05) is 0 Å². The Balaban J connectivity index is 2.26. The second-order valence-electron chi connectivity index (χ2n) is 5.01. The highest BCUT2D eigenvalue weighted by Gasteiger charge is 2.21. The van der Waals surface area contributed by atoms with Gasteiger partial charge in [0.15, 0.2) is 0 Å². The molecular weight excluding hydrogens is 394 g/mol. The van der Waals surface area contributed by atoms with Gasteiger partial charge in [0, 0.05) is 16.0 Å². The van der Waals surface area contributed by atoms with E-state index < -0.39 is 31.4 Å². The fraction of sp³-hybridized carbons (Fsp3) is 0. The Morgan fingerprint density at radius 1 is 1.12 bits per heavy atom. The zero-order valence-electron chi connectivity index (χ0n) is 12.2. The number of rotatable bonds is 3. The third-order valence-corrected chi connectivity index (χ3v) is 5.25. The average molecular weight is 403 g/mol. The summed E-state index contributed by atoms with van der Waals surface area (Å²) in [5.41, 5.74) is 0.155. The van der Waals surface area contributed by atoms with Crippen LogP contribution in [0.3, 0.4) is 0 Å². The Morgan fingerprint density at radius 2 is 1.84 bits per heavy atom. The van der Waals surface area contributed by atoms with Crippen LogP contribution in [0, 0.1) is 11.6 Å². The van der Waals surface area contributed by atoms with E-state index in [1.165, 1.54) is 11.4 Å². The number of thiazole rings is 1. The molecule has 2 N–H and O–H groups in total. The van der Waals surface area contributed by atoms with E-state index in [-0.39, 0.29) is 11.3 Å². The zero-order chi connectivity index (χ0) is 18.4. The van der Waals surface area contributed by atoms with Crippen LogP contribution < -0.4 is 10.0 Å². The normalized spacial score (nSPS) is 11.7. The average Bonchev–Trinajstić information content (AvgIpc) is 2.89. The number of hydrogen-bond acceptors (Lipinski definition) is 4. The van der Waals surface area contributed by atoms with Gasteiger partial charge in [-0.2, -0.15) is 0 Å². The van der Waals surface area contributed by atoms with Crippen molar-refractivity contribution in [2.45, 2.75) is 4.90 Å². The van der Waals surface area contributed by atoms with Crippen molar-refractivity contribution in [3.63, 3.8) is 0 Å². The molecule has 0 radical (unpaired) electrons. The van der Waals surface area contributed by atoms with Crippen molar-refractivity contribution in [1.82, 2.24) is 4.57 Å². The molecule has 1 heterocycles. The lowest BCUT2D eigenvalue weighted by Gasteiger charge is -2.10. The highest BCUT2D eigenvalue weighted by Crippen LogP contribution is 2.29. The molecule has 25 heavy (non-hydrogen) atoms. The number of benzene rings is 2. The minimum absolute atomic E-state index is 0.0645. The van der Waals surface area contributed by atoms with Gasteiger partial charge in [-0.25, -0.2) is 22.3 Å². The molecule has 0 unspecified atom stereocenters. The minimum Gasteiger partial charge on any atom is -0.267 e. The molecule has 0 fully saturated rings. The van der Waals surface area contributed by atoms with E-state index in [0.717, 1.165) is 15.9 Å². The summed E-state index contributed by atoms with van der Waals surface area (Å²) in [4.78, 5) is 10.8. The number of sulfonamides is 1. The summed E-state index contributed by atoms with van der Waals surface area (Å²) >= 11 is 6.70. The lowest BCUT2D eigenvalue weighted by molar-refractivity contribution is 0.555. The first-order chi connectivity index (χ1) is 11.7. The van der Waals surface area contributed by atoms with Crippen molar-refractivity contribution in [1.29, 1.82) is 0 Å². The van der Waals surface area contributed by atoms with Crippen LogP contribution in [0.1, 0.15) is 0 Å². The summed E-state index contributed by atoms with van der Waals surface area (Å²) in [6.07, 6.45) is 0. The fourth-order valence-corrected chi connectivity index (χ4v) is 3.83. The van der Waals surface area contributed by atoms with Gasteiger partial charge in [0.25, 0.3) is 0 Å². The topological polar surface area (TPSA) is 82.2 Å². The Bertz CT molecular complexity index is 1140. The maximum absolute atomic E-state index is 14.4. The third kappa shape index (κ3) is 3.36. The Morgan fingerprint density at radius 3 is 2.48 bits per heavy atom. The van der Waals surface area contributed by atoms with Crippen molar-refractivity contribution in [3.05, 3.63) is 68.1 Å². The van der Waals surface area contributed by atoms with E-state index in [9.17, 15) is 22.0 Å². The van der Waals surface area contributed by atoms with Gasteiger partial charge in [0.2, 0.25) is 10.0 Å². The molecule has 0 aliphatic rings. The minimum atomic E-state index is -4.42. The predicted octanol–water partition coefficient (Wildman–Crippen LogP) is 3.15. The molecule has 5 nitrogen and oxygen atoms in total. The van der Waals surface area contributed by atoms with Crippen LogP contribution in [-0.4, -0.2) is 13.0 Å². The van der Waals surface area contributed by atoms with Gasteiger partial charge in [0.05, 0.1) is 11.4 Å². The molecule has 2 aromatic carbocycles. The third-order valence-electron chi connectivity index (χ3n) is 3.37. The number of hydrogen-bond donors (Lipinski definition) is 1. The maximum Gasteiger partial charge on any atom is 0.312 e. The molecule has 0 aliphatic carbocycles. The molecule has 0 atom stereocenters. The van der Waals surface area contributed by atoms with Gasteiger partial charge >= 0.3 is 4.87 Å². The quantitative estimate of drug-likeness (QED) is 0.730. The second kappa shape index (κ2) is 6.34. The summed E-state index contributed by atoms with van der Waals surface area (Å²) in [5, 5.41) is 6.56. The molecule has 130 valence electrons. The number of halogens is 3. The van der Waals surface area contributed by atoms with Gasteiger partial charge in [0.1, 0.15) is 16.5 Å². The molecule has 0 amide bonds. The van der Waals surface area contributed by atoms with E-state index in [1.54, 1.807) is 18.2 Å². The van der Waals surface area contributed by atoms with E-state index >= 15 is 0 Å². The molecular formula is C15H9ClF2N2O3S2. The summed E-state index contributed by atoms with van der Waals surface area (Å²) in [6, 6.07) is 7.46. The Labute approximate surface area is 150 Å². The lowest BCUT2D eigenvalue weighted by Crippen LogP contribution is -2.15. The fourth-order valence-electron chi connectivity index (χ4n) is 2.30. The lowest BCUT2D eigenvalue weighted by atomic mass is 10.1. The summed E-state index contributed by atoms with van der Waals surface area (Å²) in [5.74, 6) is -2.24. The van der Waals surface area contributed by atoms with Crippen molar-refractivity contribution < 1.29 is 17.2 Å². The first-order valence-electron chi connectivity index (χ1n) is 6.67. The Kier molecular flexibility index (Phi) is 4.50. The predicted molar refractivity (Wildman–Crippen MR) is 91.7 cm³/mol. The second-order valence-corrected chi connectivity index (χ2v) is 7.80. The maximum atomic E-state index is 14.4. The van der Waals surface area contributed by atoms with Crippen LogP contribution in [0.5, 0.6) is 0 Å². The summed E-state index contributed by atoms with van der Waals surface area (Å²) in [6.45, 7) is 0. The molecule has 0 aliphatic heterocycles. The monoisotopic (exact) mass is 402 g/mol. The standard InChI is InChI=1S/C15H9ClF2N2O3S2/c16-8-2-1-3-9(4-8)20-13(7-24-15(20)21)10-5-12(18)14(6-11(10)17)25(19,22)23/h1-7H,(H2,19,22,23). The summed E-state index contributed by atoms with van der Waals surface area (Å²) < 4.78 is 52.2. The number of nitrogens with two attached hydrogens (primary N) is 1. The zero-order valence-corrected chi connectivity index (χ0v) is 14.6. The number of aromatic nitrogens is 1. The highest BCUT2D eigenvalue weighted by atomic mass is 35.5. The summed E-state index contributed by atoms with van der Waals surface area (Å²) in [7, 11) is -4.42. The van der Waals surface area contributed by atoms with Gasteiger partial charge < -0.3 is 0 Å². The van der Waals surface area contributed by atoms with Gasteiger partial charge in [-0.15, -0.1) is 0 Å². The van der Waals surface area contributed by atoms with E-state index in [0.29, 0.717) is 22.8 Å². The molecule has 3 rings (SSSR count). The molecule has 0 saturated heterocycles. The smallest absolute Gasteiger partial charge is 0.267 e. The Hall–Kier alpha value is -2.07. The van der Waals surface area contributed by atoms with Crippen LogP contribution in [0.4, 0.5) is 8.78 Å². The molecule has 3 aromatic rings. The first kappa shape index (κ1) is 17.7. The van der Waals surface area contributed by atoms with E-state index in [4.69, 9.17) is 16.7 Å². The molecule has 0 saturated carbocycles. The van der Waals surface area contributed by atoms with Gasteiger partial charge in [-0.05, 0) is 30.3 Å². The SMILES string of the molecule is NS(=O)(=O)c1cc(F)c(-c2csc(=O)n2-c2cccc(Cl)c2)cc1F. The van der Waals surface area contributed by atoms with Gasteiger partial charge in [-0.1, -0.05) is 29.0 Å². The number of primary sulfonamides is 1. The molecule has 1 aromatic heterocycles. The van der Waals surface area contributed by atoms with Crippen LogP contribution in [-0.2, 0) is 10.0 Å². The molecule has 10 heteroatoms. The largest absolute Gasteiger partial charge is 0.312 e. The van der Waals surface area contributed by atoms with Crippen LogP contribution in [0.25, 0.3) is 16.9 Å². The highest BCUT2D eigenvalue weighted by molar-refractivity contribution is 7.89. The van der Waals surface area contributed by atoms with Crippen LogP contribution >= 0.6 is 22.9 Å². The van der Waals surface area contributed by atoms with Crippen molar-refractivity contribution >= 4 is 33.0 Å².